The number of rotatable bonds is 9. The van der Waals surface area contributed by atoms with Crippen molar-refractivity contribution < 1.29 is 40.2 Å². The summed E-state index contributed by atoms with van der Waals surface area (Å²) in [5, 5.41) is 5.58. The van der Waals surface area contributed by atoms with Crippen LogP contribution in [0, 0.1) is 5.92 Å². The number of hydrogen-bond donors (Lipinski definition) is 2. The summed E-state index contributed by atoms with van der Waals surface area (Å²) >= 11 is 0. The fourth-order valence-electron chi connectivity index (χ4n) is 5.22. The fraction of sp³-hybridized carbons (Fsp3) is 0.704. The van der Waals surface area contributed by atoms with Gasteiger partial charge in [0.1, 0.15) is 11.8 Å². The zero-order chi connectivity index (χ0) is 25.0. The summed E-state index contributed by atoms with van der Waals surface area (Å²) in [7, 11) is 1.58. The molecule has 202 valence electrons. The van der Waals surface area contributed by atoms with Gasteiger partial charge in [-0.05, 0) is 55.7 Å². The van der Waals surface area contributed by atoms with Crippen molar-refractivity contribution in [3.8, 4) is 5.75 Å². The molecule has 2 unspecified atom stereocenters. The number of imide groups is 1. The number of amides is 2. The van der Waals surface area contributed by atoms with Gasteiger partial charge in [-0.2, -0.15) is 0 Å². The van der Waals surface area contributed by atoms with Crippen molar-refractivity contribution in [2.75, 3.05) is 38.6 Å². The third kappa shape index (κ3) is 9.44. The van der Waals surface area contributed by atoms with Gasteiger partial charge in [0.15, 0.2) is 0 Å². The smallest absolute Gasteiger partial charge is 0.249 e. The van der Waals surface area contributed by atoms with Gasteiger partial charge in [0, 0.05) is 47.1 Å². The van der Waals surface area contributed by atoms with E-state index in [1.165, 1.54) is 38.6 Å². The van der Waals surface area contributed by atoms with Gasteiger partial charge < -0.3 is 20.4 Å². The van der Waals surface area contributed by atoms with Gasteiger partial charge in [-0.1, -0.05) is 39.2 Å². The number of carbonyl (C=O) groups is 2. The van der Waals surface area contributed by atoms with E-state index in [4.69, 9.17) is 9.57 Å². The molecule has 0 radical (unpaired) electrons. The summed E-state index contributed by atoms with van der Waals surface area (Å²) in [5.74, 6) is 0.917. The Morgan fingerprint density at radius 1 is 1.17 bits per heavy atom. The standard InChI is InChI=1S/C25H37N4O4.C2H6.W/c1-26-33-23-15-18(8-10-21(23)27-22-11-12-24(30)28-25(22)31)7-9-20-17-29(13-14-32-20)16-19-5-3-2-4-6-19;1-2;/h8,10,15,19-20,22,27H,2-7,9,11-14,16-17H2,1H3,(H,28,30,31);1-2H3;/q-1;;. The van der Waals surface area contributed by atoms with E-state index in [1.54, 1.807) is 7.05 Å². The molecule has 1 aliphatic carbocycles. The summed E-state index contributed by atoms with van der Waals surface area (Å²) in [6, 6.07) is 5.50. The Kier molecular flexibility index (Phi) is 14.0. The number of carbonyl (C=O) groups excluding carboxylic acids is 2. The second-order valence-electron chi connectivity index (χ2n) is 9.55. The fourth-order valence-corrected chi connectivity index (χ4v) is 5.22. The molecule has 2 saturated heterocycles. The van der Waals surface area contributed by atoms with Crippen molar-refractivity contribution in [3.05, 3.63) is 29.2 Å². The van der Waals surface area contributed by atoms with Crippen LogP contribution in [0.2, 0.25) is 0 Å². The average molecular weight is 672 g/mol. The Hall–Kier alpha value is -1.47. The third-order valence-corrected chi connectivity index (χ3v) is 7.02. The van der Waals surface area contributed by atoms with Gasteiger partial charge in [0.25, 0.3) is 0 Å². The van der Waals surface area contributed by atoms with Crippen LogP contribution < -0.4 is 15.5 Å². The molecule has 2 aliphatic heterocycles. The van der Waals surface area contributed by atoms with Crippen LogP contribution in [0.15, 0.2) is 18.2 Å². The van der Waals surface area contributed by atoms with Crippen LogP contribution in [0.3, 0.4) is 0 Å². The monoisotopic (exact) mass is 671 g/mol. The molecule has 0 aromatic heterocycles. The van der Waals surface area contributed by atoms with Crippen LogP contribution in [0.4, 0.5) is 5.69 Å². The van der Waals surface area contributed by atoms with E-state index in [2.05, 4.69) is 27.1 Å². The Balaban J connectivity index is 0.00000148. The molecule has 2 atom stereocenters. The molecule has 2 heterocycles. The van der Waals surface area contributed by atoms with Crippen molar-refractivity contribution in [2.24, 2.45) is 5.92 Å². The van der Waals surface area contributed by atoms with E-state index in [-0.39, 0.29) is 39.0 Å². The predicted molar refractivity (Wildman–Crippen MR) is 139 cm³/mol. The second kappa shape index (κ2) is 16.4. The molecule has 2 amide bonds. The van der Waals surface area contributed by atoms with Crippen LogP contribution in [-0.2, 0) is 41.8 Å². The molecular formula is C27H43N4O4W-. The molecule has 36 heavy (non-hydrogen) atoms. The van der Waals surface area contributed by atoms with Gasteiger partial charge in [-0.25, -0.2) is 0 Å². The number of piperidine rings is 1. The molecule has 1 aromatic rings. The Bertz CT molecular complexity index is 819. The average Bonchev–Trinajstić information content (AvgIpc) is 2.88. The van der Waals surface area contributed by atoms with Crippen LogP contribution in [0.5, 0.6) is 5.75 Å². The normalized spacial score (nSPS) is 23.1. The Morgan fingerprint density at radius 2 is 1.94 bits per heavy atom. The maximum Gasteiger partial charge on any atom is 0.249 e. The summed E-state index contributed by atoms with van der Waals surface area (Å²) in [5.41, 5.74) is 5.67. The molecule has 0 bridgehead atoms. The first-order chi connectivity index (χ1) is 17.1. The van der Waals surface area contributed by atoms with Gasteiger partial charge in [0.2, 0.25) is 11.8 Å². The number of ether oxygens (including phenoxy) is 1. The molecule has 1 saturated carbocycles. The Labute approximate surface area is 230 Å². The molecule has 0 spiro atoms. The number of aryl methyl sites for hydroxylation is 1. The first kappa shape index (κ1) is 30.8. The van der Waals surface area contributed by atoms with Crippen LogP contribution in [-0.4, -0.2) is 62.1 Å². The van der Waals surface area contributed by atoms with Gasteiger partial charge in [-0.3, -0.25) is 19.8 Å². The zero-order valence-corrected chi connectivity index (χ0v) is 25.0. The van der Waals surface area contributed by atoms with E-state index in [0.717, 1.165) is 44.0 Å². The van der Waals surface area contributed by atoms with Crippen molar-refractivity contribution >= 4 is 17.5 Å². The van der Waals surface area contributed by atoms with E-state index >= 15 is 0 Å². The molecule has 3 fully saturated rings. The summed E-state index contributed by atoms with van der Waals surface area (Å²) in [6.07, 6.45) is 9.84. The largest absolute Gasteiger partial charge is 0.586 e. The number of anilines is 1. The number of nitrogens with one attached hydrogen (secondary N) is 2. The van der Waals surface area contributed by atoms with E-state index in [9.17, 15) is 9.59 Å². The summed E-state index contributed by atoms with van der Waals surface area (Å²) in [4.78, 5) is 31.6. The van der Waals surface area contributed by atoms with Crippen molar-refractivity contribution in [1.82, 2.24) is 10.2 Å². The Morgan fingerprint density at radius 3 is 2.67 bits per heavy atom. The predicted octanol–water partition coefficient (Wildman–Crippen LogP) is 4.44. The van der Waals surface area contributed by atoms with E-state index in [1.807, 2.05) is 26.0 Å². The zero-order valence-electron chi connectivity index (χ0n) is 22.1. The van der Waals surface area contributed by atoms with Gasteiger partial charge >= 0.3 is 0 Å². The minimum absolute atomic E-state index is 0. The van der Waals surface area contributed by atoms with Crippen LogP contribution in [0.1, 0.15) is 70.8 Å². The molecule has 8 nitrogen and oxygen atoms in total. The SMILES string of the molecule is CC.C[N-]Oc1cc(CCC2CN(CC3CCCCC3)CCO2)ccc1NC1CCC(=O)NC1=O.[W]. The number of hydroxylamine groups is 1. The summed E-state index contributed by atoms with van der Waals surface area (Å²) < 4.78 is 6.07. The first-order valence-corrected chi connectivity index (χ1v) is 13.4. The minimum Gasteiger partial charge on any atom is -0.586 e. The van der Waals surface area contributed by atoms with Gasteiger partial charge in [0.05, 0.1) is 18.4 Å². The van der Waals surface area contributed by atoms with E-state index < -0.39 is 6.04 Å². The maximum atomic E-state index is 12.1. The topological polar surface area (TPSA) is 94.0 Å². The minimum atomic E-state index is -0.460. The first-order valence-electron chi connectivity index (χ1n) is 13.4. The summed E-state index contributed by atoms with van der Waals surface area (Å²) in [6.45, 7) is 8.09. The van der Waals surface area contributed by atoms with Crippen molar-refractivity contribution in [3.63, 3.8) is 0 Å². The second-order valence-corrected chi connectivity index (χ2v) is 9.55. The maximum absolute atomic E-state index is 12.1. The quantitative estimate of drug-likeness (QED) is 0.298. The van der Waals surface area contributed by atoms with Crippen molar-refractivity contribution in [1.29, 1.82) is 0 Å². The molecule has 3 aliphatic rings. The van der Waals surface area contributed by atoms with Crippen LogP contribution >= 0.6 is 0 Å². The number of benzene rings is 1. The molecule has 4 rings (SSSR count). The number of hydrogen-bond acceptors (Lipinski definition) is 6. The van der Waals surface area contributed by atoms with Gasteiger partial charge in [-0.15, -0.1) is 7.05 Å². The number of nitrogens with zero attached hydrogens (tertiary/aromatic N) is 2. The van der Waals surface area contributed by atoms with Crippen molar-refractivity contribution in [2.45, 2.75) is 83.8 Å². The number of morpholine rings is 1. The molecule has 9 heteroatoms. The van der Waals surface area contributed by atoms with Crippen LogP contribution in [0.25, 0.3) is 5.48 Å². The molecule has 1 aromatic carbocycles. The molecular weight excluding hydrogens is 628 g/mol. The third-order valence-electron chi connectivity index (χ3n) is 7.02. The van der Waals surface area contributed by atoms with E-state index in [0.29, 0.717) is 24.3 Å². The molecule has 2 N–H and O–H groups in total.